The maximum Gasteiger partial charge on any atom is 0.282 e. The molecule has 0 spiro atoms. The Morgan fingerprint density at radius 2 is 1.34 bits per heavy atom. The number of hydrogen-bond acceptors (Lipinski definition) is 5. The highest BCUT2D eigenvalue weighted by molar-refractivity contribution is 6.46. The predicted octanol–water partition coefficient (Wildman–Crippen LogP) is 4.18. The van der Waals surface area contributed by atoms with Crippen molar-refractivity contribution in [2.45, 2.75) is 0 Å². The van der Waals surface area contributed by atoms with Crippen LogP contribution in [0.1, 0.15) is 5.56 Å². The number of amides is 2. The molecule has 0 aliphatic carbocycles. The summed E-state index contributed by atoms with van der Waals surface area (Å²) < 4.78 is 5.52. The molecule has 0 aromatic heterocycles. The highest BCUT2D eigenvalue weighted by Gasteiger charge is 2.43. The highest BCUT2D eigenvalue weighted by Crippen LogP contribution is 2.39. The van der Waals surface area contributed by atoms with Gasteiger partial charge in [0, 0.05) is 38.1 Å². The molecule has 6 heteroatoms. The largest absolute Gasteiger partial charge is 0.496 e. The summed E-state index contributed by atoms with van der Waals surface area (Å²) in [7, 11) is 7.23. The van der Waals surface area contributed by atoms with E-state index in [1.807, 2.05) is 73.6 Å². The Labute approximate surface area is 187 Å². The van der Waals surface area contributed by atoms with Crippen molar-refractivity contribution < 1.29 is 14.3 Å². The molecular weight excluding hydrogens is 402 g/mol. The van der Waals surface area contributed by atoms with E-state index in [2.05, 4.69) is 0 Å². The van der Waals surface area contributed by atoms with Crippen molar-refractivity contribution in [3.63, 3.8) is 0 Å². The van der Waals surface area contributed by atoms with Crippen molar-refractivity contribution >= 4 is 34.4 Å². The van der Waals surface area contributed by atoms with Gasteiger partial charge in [-0.25, -0.2) is 4.90 Å². The van der Waals surface area contributed by atoms with Crippen LogP contribution < -0.4 is 19.4 Å². The third-order valence-corrected chi connectivity index (χ3v) is 5.54. The van der Waals surface area contributed by atoms with Crippen LogP contribution in [0.4, 0.5) is 17.1 Å². The Bertz CT molecular complexity index is 1180. The number of carbonyl (C=O) groups is 2. The number of hydrogen-bond donors (Lipinski definition) is 0. The summed E-state index contributed by atoms with van der Waals surface area (Å²) in [5.41, 5.74) is 3.51. The van der Waals surface area contributed by atoms with Crippen LogP contribution in [0.25, 0.3) is 5.57 Å². The average molecular weight is 428 g/mol. The third-order valence-electron chi connectivity index (χ3n) is 5.54. The van der Waals surface area contributed by atoms with Gasteiger partial charge in [0.25, 0.3) is 11.8 Å². The van der Waals surface area contributed by atoms with Gasteiger partial charge in [0.2, 0.25) is 0 Å². The first-order valence-electron chi connectivity index (χ1n) is 10.3. The minimum absolute atomic E-state index is 0.308. The van der Waals surface area contributed by atoms with Gasteiger partial charge in [0.1, 0.15) is 11.4 Å². The van der Waals surface area contributed by atoms with Crippen molar-refractivity contribution in [2.24, 2.45) is 0 Å². The summed E-state index contributed by atoms with van der Waals surface area (Å²) in [5.74, 6) is -0.220. The number of benzene rings is 3. The Hall–Kier alpha value is -4.06. The Balaban J connectivity index is 1.87. The molecule has 3 aromatic rings. The fraction of sp³-hybridized carbons (Fsp3) is 0.154. The summed E-state index contributed by atoms with van der Waals surface area (Å²) >= 11 is 0. The normalized spacial score (nSPS) is 13.6. The average Bonchev–Trinajstić information content (AvgIpc) is 3.08. The lowest BCUT2D eigenvalue weighted by Crippen LogP contribution is -2.34. The van der Waals surface area contributed by atoms with Crippen molar-refractivity contribution in [3.8, 4) is 5.75 Å². The van der Waals surface area contributed by atoms with Crippen LogP contribution >= 0.6 is 0 Å². The number of carbonyl (C=O) groups excluding carboxylic acids is 2. The summed E-state index contributed by atoms with van der Waals surface area (Å²) in [6, 6.07) is 24.1. The number of anilines is 3. The molecule has 1 heterocycles. The molecule has 1 aliphatic rings. The predicted molar refractivity (Wildman–Crippen MR) is 128 cm³/mol. The monoisotopic (exact) mass is 427 g/mol. The molecule has 0 bridgehead atoms. The second-order valence-electron chi connectivity index (χ2n) is 7.67. The summed E-state index contributed by atoms with van der Waals surface area (Å²) in [5, 5.41) is 0. The molecule has 0 saturated heterocycles. The number of rotatable bonds is 6. The van der Waals surface area contributed by atoms with E-state index in [4.69, 9.17) is 4.74 Å². The molecule has 32 heavy (non-hydrogen) atoms. The van der Waals surface area contributed by atoms with E-state index in [-0.39, 0.29) is 11.8 Å². The van der Waals surface area contributed by atoms with Gasteiger partial charge in [0.05, 0.1) is 18.4 Å². The van der Waals surface area contributed by atoms with Crippen molar-refractivity contribution in [2.75, 3.05) is 43.0 Å². The maximum atomic E-state index is 13.7. The maximum absolute atomic E-state index is 13.7. The molecule has 6 nitrogen and oxygen atoms in total. The zero-order chi connectivity index (χ0) is 22.8. The van der Waals surface area contributed by atoms with Crippen LogP contribution in [0.5, 0.6) is 5.75 Å². The van der Waals surface area contributed by atoms with E-state index in [1.165, 1.54) is 4.90 Å². The summed E-state index contributed by atoms with van der Waals surface area (Å²) in [6.07, 6.45) is 0. The summed E-state index contributed by atoms with van der Waals surface area (Å²) in [4.78, 5) is 32.3. The Morgan fingerprint density at radius 1 is 0.719 bits per heavy atom. The van der Waals surface area contributed by atoms with Crippen molar-refractivity contribution in [1.29, 1.82) is 0 Å². The van der Waals surface area contributed by atoms with Crippen LogP contribution in [0.3, 0.4) is 0 Å². The quantitative estimate of drug-likeness (QED) is 0.553. The van der Waals surface area contributed by atoms with Crippen LogP contribution in [-0.4, -0.2) is 40.1 Å². The van der Waals surface area contributed by atoms with Crippen LogP contribution in [0.15, 0.2) is 84.6 Å². The molecule has 0 N–H and O–H groups in total. The van der Waals surface area contributed by atoms with E-state index in [9.17, 15) is 9.59 Å². The molecule has 2 amide bonds. The molecule has 1 aliphatic heterocycles. The number of methoxy groups -OCH3 is 1. The van der Waals surface area contributed by atoms with Crippen LogP contribution in [-0.2, 0) is 9.59 Å². The molecule has 3 aromatic carbocycles. The lowest BCUT2D eigenvalue weighted by Gasteiger charge is -2.22. The molecule has 0 atom stereocenters. The van der Waals surface area contributed by atoms with E-state index in [0.717, 1.165) is 11.4 Å². The zero-order valence-electron chi connectivity index (χ0n) is 18.6. The number of likely N-dealkylation sites (N-methyl/N-ethyl adjacent to an activating group) is 1. The fourth-order valence-corrected chi connectivity index (χ4v) is 3.84. The van der Waals surface area contributed by atoms with Gasteiger partial charge < -0.3 is 14.5 Å². The van der Waals surface area contributed by atoms with Gasteiger partial charge >= 0.3 is 0 Å². The van der Waals surface area contributed by atoms with Gasteiger partial charge in [-0.2, -0.15) is 0 Å². The zero-order valence-corrected chi connectivity index (χ0v) is 18.6. The minimum atomic E-state index is -0.380. The van der Waals surface area contributed by atoms with E-state index < -0.39 is 0 Å². The smallest absolute Gasteiger partial charge is 0.282 e. The lowest BCUT2D eigenvalue weighted by atomic mass is 10.0. The van der Waals surface area contributed by atoms with Crippen LogP contribution in [0.2, 0.25) is 0 Å². The first-order valence-corrected chi connectivity index (χ1v) is 10.3. The second kappa shape index (κ2) is 8.59. The molecule has 0 radical (unpaired) electrons. The summed E-state index contributed by atoms with van der Waals surface area (Å²) in [6.45, 7) is 0. The number of para-hydroxylation sites is 2. The van der Waals surface area contributed by atoms with E-state index in [1.54, 1.807) is 43.3 Å². The lowest BCUT2D eigenvalue weighted by molar-refractivity contribution is -0.120. The van der Waals surface area contributed by atoms with Crippen LogP contribution in [0, 0.1) is 0 Å². The standard InChI is InChI=1S/C26H25N3O3/c1-27(2)18-14-16-20(17-15-18)29-25(30)23(21-12-8-9-13-22(21)32-4)24(26(29)31)28(3)19-10-6-5-7-11-19/h5-17H,1-4H3. The Morgan fingerprint density at radius 3 is 1.97 bits per heavy atom. The van der Waals surface area contributed by atoms with Gasteiger partial charge in [-0.05, 0) is 42.5 Å². The molecule has 162 valence electrons. The van der Waals surface area contributed by atoms with Gasteiger partial charge in [-0.1, -0.05) is 36.4 Å². The van der Waals surface area contributed by atoms with Gasteiger partial charge in [-0.15, -0.1) is 0 Å². The SMILES string of the molecule is COc1ccccc1C1=C(N(C)c2ccccc2)C(=O)N(c2ccc(N(C)C)cc2)C1=O. The second-order valence-corrected chi connectivity index (χ2v) is 7.67. The molecule has 0 fully saturated rings. The first kappa shape index (κ1) is 21.2. The minimum Gasteiger partial charge on any atom is -0.496 e. The molecule has 0 saturated carbocycles. The van der Waals surface area contributed by atoms with E-state index in [0.29, 0.717) is 28.3 Å². The van der Waals surface area contributed by atoms with E-state index >= 15 is 0 Å². The third kappa shape index (κ3) is 3.60. The molecular formula is C26H25N3O3. The first-order chi connectivity index (χ1) is 15.4. The van der Waals surface area contributed by atoms with Crippen molar-refractivity contribution in [1.82, 2.24) is 0 Å². The number of imide groups is 1. The fourth-order valence-electron chi connectivity index (χ4n) is 3.84. The number of nitrogens with zero attached hydrogens (tertiary/aromatic N) is 3. The van der Waals surface area contributed by atoms with Crippen molar-refractivity contribution in [3.05, 3.63) is 90.1 Å². The topological polar surface area (TPSA) is 53.1 Å². The van der Waals surface area contributed by atoms with Gasteiger partial charge in [0.15, 0.2) is 0 Å². The Kier molecular flexibility index (Phi) is 5.69. The highest BCUT2D eigenvalue weighted by atomic mass is 16.5. The number of ether oxygens (including phenoxy) is 1. The van der Waals surface area contributed by atoms with Gasteiger partial charge in [-0.3, -0.25) is 9.59 Å². The molecule has 4 rings (SSSR count). The molecule has 0 unspecified atom stereocenters.